The monoisotopic (exact) mass is 339 g/mol. The van der Waals surface area contributed by atoms with Gasteiger partial charge in [-0.15, -0.1) is 0 Å². The van der Waals surface area contributed by atoms with Crippen LogP contribution in [0.25, 0.3) is 5.65 Å². The molecule has 0 unspecified atom stereocenters. The van der Waals surface area contributed by atoms with Gasteiger partial charge in [0, 0.05) is 18.7 Å². The summed E-state index contributed by atoms with van der Waals surface area (Å²) in [4.78, 5) is 16.2. The van der Waals surface area contributed by atoms with E-state index < -0.39 is 24.0 Å². The van der Waals surface area contributed by atoms with Crippen LogP contribution >= 0.6 is 0 Å². The zero-order valence-electron chi connectivity index (χ0n) is 13.2. The molecule has 24 heavy (non-hydrogen) atoms. The Bertz CT molecular complexity index is 749. The maximum Gasteiger partial charge on any atom is 0.343 e. The number of halogens is 2. The fourth-order valence-corrected chi connectivity index (χ4v) is 2.85. The lowest BCUT2D eigenvalue weighted by atomic mass is 9.87. The minimum Gasteiger partial charge on any atom is -0.462 e. The van der Waals surface area contributed by atoms with Gasteiger partial charge in [-0.1, -0.05) is 0 Å². The highest BCUT2D eigenvalue weighted by Crippen LogP contribution is 2.33. The molecular formula is C15H19F2N5O2. The second-order valence-electron chi connectivity index (χ2n) is 5.79. The number of aromatic nitrogens is 3. The molecule has 2 heterocycles. The normalized spacial score (nSPS) is 23.2. The molecule has 2 atom stereocenters. The SMILES string of the molecule is CCOC(=O)c1cnn2ccc(N[C@@H]3CCCC(F)(F)[C@@H]3N)nc12. The number of ether oxygens (including phenoxy) is 1. The van der Waals surface area contributed by atoms with Gasteiger partial charge in [0.1, 0.15) is 11.4 Å². The van der Waals surface area contributed by atoms with Crippen LogP contribution in [0.1, 0.15) is 36.5 Å². The lowest BCUT2D eigenvalue weighted by Crippen LogP contribution is -2.55. The zero-order chi connectivity index (χ0) is 17.3. The molecule has 1 aliphatic carbocycles. The number of nitrogens with one attached hydrogen (secondary N) is 1. The van der Waals surface area contributed by atoms with E-state index in [4.69, 9.17) is 10.5 Å². The van der Waals surface area contributed by atoms with Gasteiger partial charge in [-0.05, 0) is 25.8 Å². The van der Waals surface area contributed by atoms with Crippen molar-refractivity contribution in [2.75, 3.05) is 11.9 Å². The van der Waals surface area contributed by atoms with Crippen molar-refractivity contribution in [3.05, 3.63) is 24.0 Å². The molecule has 3 rings (SSSR count). The van der Waals surface area contributed by atoms with Gasteiger partial charge in [0.25, 0.3) is 5.92 Å². The van der Waals surface area contributed by atoms with Crippen molar-refractivity contribution in [1.82, 2.24) is 14.6 Å². The van der Waals surface area contributed by atoms with Crippen LogP contribution in [-0.4, -0.2) is 45.2 Å². The first-order chi connectivity index (χ1) is 11.4. The van der Waals surface area contributed by atoms with Gasteiger partial charge in [0.2, 0.25) is 0 Å². The predicted octanol–water partition coefficient (Wildman–Crippen LogP) is 1.83. The minimum absolute atomic E-state index is 0.200. The molecule has 1 aliphatic rings. The third kappa shape index (κ3) is 3.03. The molecule has 2 aromatic rings. The highest BCUT2D eigenvalue weighted by Gasteiger charge is 2.44. The van der Waals surface area contributed by atoms with E-state index in [0.717, 1.165) is 0 Å². The maximum atomic E-state index is 13.7. The van der Waals surface area contributed by atoms with E-state index in [-0.39, 0.29) is 18.6 Å². The third-order valence-electron chi connectivity index (χ3n) is 4.14. The summed E-state index contributed by atoms with van der Waals surface area (Å²) in [6, 6.07) is -0.259. The number of nitrogens with zero attached hydrogens (tertiary/aromatic N) is 3. The second-order valence-corrected chi connectivity index (χ2v) is 5.79. The Hall–Kier alpha value is -2.29. The van der Waals surface area contributed by atoms with Gasteiger partial charge in [-0.3, -0.25) is 0 Å². The third-order valence-corrected chi connectivity index (χ3v) is 4.14. The summed E-state index contributed by atoms with van der Waals surface area (Å²) in [5, 5.41) is 6.99. The minimum atomic E-state index is -2.90. The van der Waals surface area contributed by atoms with Gasteiger partial charge >= 0.3 is 5.97 Å². The van der Waals surface area contributed by atoms with Crippen molar-refractivity contribution >= 4 is 17.4 Å². The molecule has 3 N–H and O–H groups in total. The molecule has 0 amide bonds. The number of esters is 1. The molecule has 7 nitrogen and oxygen atoms in total. The summed E-state index contributed by atoms with van der Waals surface area (Å²) in [5.74, 6) is -3.06. The number of rotatable bonds is 4. The molecule has 0 saturated heterocycles. The zero-order valence-corrected chi connectivity index (χ0v) is 13.2. The van der Waals surface area contributed by atoms with Crippen LogP contribution in [0.5, 0.6) is 0 Å². The Kier molecular flexibility index (Phi) is 4.35. The molecule has 0 aromatic carbocycles. The van der Waals surface area contributed by atoms with Crippen molar-refractivity contribution in [3.8, 4) is 0 Å². The Morgan fingerprint density at radius 1 is 1.58 bits per heavy atom. The number of nitrogens with two attached hydrogens (primary N) is 1. The molecule has 0 radical (unpaired) electrons. The highest BCUT2D eigenvalue weighted by molar-refractivity contribution is 5.95. The summed E-state index contributed by atoms with van der Waals surface area (Å²) >= 11 is 0. The number of carbonyl (C=O) groups is 1. The van der Waals surface area contributed by atoms with E-state index >= 15 is 0 Å². The summed E-state index contributed by atoms with van der Waals surface area (Å²) < 4.78 is 33.9. The van der Waals surface area contributed by atoms with Crippen molar-refractivity contribution in [2.24, 2.45) is 5.73 Å². The van der Waals surface area contributed by atoms with E-state index in [1.807, 2.05) is 0 Å². The fraction of sp³-hybridized carbons (Fsp3) is 0.533. The number of fused-ring (bicyclic) bond motifs is 1. The van der Waals surface area contributed by atoms with Crippen LogP contribution in [0, 0.1) is 0 Å². The molecule has 0 bridgehead atoms. The highest BCUT2D eigenvalue weighted by atomic mass is 19.3. The molecule has 1 fully saturated rings. The first-order valence-corrected chi connectivity index (χ1v) is 7.84. The Labute approximate surface area is 137 Å². The van der Waals surface area contributed by atoms with Crippen molar-refractivity contribution < 1.29 is 18.3 Å². The van der Waals surface area contributed by atoms with E-state index in [0.29, 0.717) is 24.3 Å². The van der Waals surface area contributed by atoms with Gasteiger partial charge in [0.15, 0.2) is 5.65 Å². The molecular weight excluding hydrogens is 320 g/mol. The van der Waals surface area contributed by atoms with E-state index in [1.165, 1.54) is 10.7 Å². The summed E-state index contributed by atoms with van der Waals surface area (Å²) in [7, 11) is 0. The number of alkyl halides is 2. The van der Waals surface area contributed by atoms with E-state index in [9.17, 15) is 13.6 Å². The van der Waals surface area contributed by atoms with Crippen LogP contribution < -0.4 is 11.1 Å². The maximum absolute atomic E-state index is 13.7. The van der Waals surface area contributed by atoms with Crippen LogP contribution in [0.4, 0.5) is 14.6 Å². The molecule has 9 heteroatoms. The van der Waals surface area contributed by atoms with Gasteiger partial charge in [-0.25, -0.2) is 23.1 Å². The number of hydrogen-bond donors (Lipinski definition) is 2. The average Bonchev–Trinajstić information content (AvgIpc) is 2.95. The number of anilines is 1. The topological polar surface area (TPSA) is 94.5 Å². The molecule has 1 saturated carbocycles. The lowest BCUT2D eigenvalue weighted by molar-refractivity contribution is -0.0554. The van der Waals surface area contributed by atoms with E-state index in [2.05, 4.69) is 15.4 Å². The summed E-state index contributed by atoms with van der Waals surface area (Å²) in [6.07, 6.45) is 3.69. The Morgan fingerprint density at radius 2 is 2.38 bits per heavy atom. The van der Waals surface area contributed by atoms with Crippen LogP contribution in [-0.2, 0) is 4.74 Å². The van der Waals surface area contributed by atoms with Crippen LogP contribution in [0.3, 0.4) is 0 Å². The summed E-state index contributed by atoms with van der Waals surface area (Å²) in [6.45, 7) is 1.94. The van der Waals surface area contributed by atoms with Crippen molar-refractivity contribution in [3.63, 3.8) is 0 Å². The lowest BCUT2D eigenvalue weighted by Gasteiger charge is -2.36. The van der Waals surface area contributed by atoms with Crippen LogP contribution in [0.15, 0.2) is 18.5 Å². The Balaban J connectivity index is 1.85. The van der Waals surface area contributed by atoms with Gasteiger partial charge in [0.05, 0.1) is 18.8 Å². The quantitative estimate of drug-likeness (QED) is 0.826. The van der Waals surface area contributed by atoms with Crippen molar-refractivity contribution in [2.45, 2.75) is 44.2 Å². The van der Waals surface area contributed by atoms with E-state index in [1.54, 1.807) is 19.2 Å². The smallest absolute Gasteiger partial charge is 0.343 e. The first kappa shape index (κ1) is 16.6. The molecule has 0 spiro atoms. The van der Waals surface area contributed by atoms with Crippen molar-refractivity contribution in [1.29, 1.82) is 0 Å². The predicted molar refractivity (Wildman–Crippen MR) is 83.1 cm³/mol. The summed E-state index contributed by atoms with van der Waals surface area (Å²) in [5.41, 5.74) is 6.20. The second kappa shape index (κ2) is 6.31. The molecule has 2 aromatic heterocycles. The molecule has 130 valence electrons. The fourth-order valence-electron chi connectivity index (χ4n) is 2.85. The largest absolute Gasteiger partial charge is 0.462 e. The van der Waals surface area contributed by atoms with Crippen LogP contribution in [0.2, 0.25) is 0 Å². The van der Waals surface area contributed by atoms with Gasteiger partial charge in [-0.2, -0.15) is 5.10 Å². The first-order valence-electron chi connectivity index (χ1n) is 7.84. The van der Waals surface area contributed by atoms with Gasteiger partial charge < -0.3 is 15.8 Å². The molecule has 0 aliphatic heterocycles. The number of carbonyl (C=O) groups excluding carboxylic acids is 1. The Morgan fingerprint density at radius 3 is 3.12 bits per heavy atom. The standard InChI is InChI=1S/C15H19F2N5O2/c1-2-24-14(23)9-8-19-22-7-5-11(21-13(9)22)20-10-4-3-6-15(16,17)12(10)18/h5,7-8,10,12H,2-4,6,18H2,1H3,(H,20,21)/t10-,12-/m1/s1. The average molecular weight is 339 g/mol. The number of hydrogen-bond acceptors (Lipinski definition) is 6.